The molecule has 1 aromatic rings. The van der Waals surface area contributed by atoms with E-state index in [2.05, 4.69) is 48.4 Å². The highest BCUT2D eigenvalue weighted by Crippen LogP contribution is 2.32. The number of benzene rings is 1. The minimum absolute atomic E-state index is 0.633. The summed E-state index contributed by atoms with van der Waals surface area (Å²) < 4.78 is 5.19. The average Bonchev–Trinajstić information content (AvgIpc) is 2.96. The van der Waals surface area contributed by atoms with Gasteiger partial charge in [-0.3, -0.25) is 4.99 Å². The van der Waals surface area contributed by atoms with Gasteiger partial charge in [-0.15, -0.1) is 0 Å². The summed E-state index contributed by atoms with van der Waals surface area (Å²) in [7, 11) is 1.74. The zero-order valence-corrected chi connectivity index (χ0v) is 14.1. The molecule has 0 amide bonds. The zero-order chi connectivity index (χ0) is 15.1. The summed E-state index contributed by atoms with van der Waals surface area (Å²) in [5, 5.41) is 5.21. The van der Waals surface area contributed by atoms with Crippen LogP contribution in [-0.4, -0.2) is 30.7 Å². The first kappa shape index (κ1) is 16.4. The van der Waals surface area contributed by atoms with Crippen molar-refractivity contribution in [2.75, 3.05) is 25.6 Å². The van der Waals surface area contributed by atoms with Crippen molar-refractivity contribution in [3.63, 3.8) is 0 Å². The lowest BCUT2D eigenvalue weighted by Gasteiger charge is -2.19. The van der Waals surface area contributed by atoms with E-state index < -0.39 is 0 Å². The van der Waals surface area contributed by atoms with Gasteiger partial charge >= 0.3 is 0 Å². The van der Waals surface area contributed by atoms with Crippen LogP contribution in [0.3, 0.4) is 0 Å². The van der Waals surface area contributed by atoms with Crippen LogP contribution >= 0.6 is 11.8 Å². The summed E-state index contributed by atoms with van der Waals surface area (Å²) in [5.41, 5.74) is 2.44. The van der Waals surface area contributed by atoms with Crippen LogP contribution in [0.25, 0.3) is 0 Å². The first-order valence-electron chi connectivity index (χ1n) is 7.83. The lowest BCUT2D eigenvalue weighted by atomic mass is 9.99. The SMILES string of the molecule is CCC(CC)C1CN=C(Nc2ccccc2CCOC)S1. The predicted molar refractivity (Wildman–Crippen MR) is 93.4 cm³/mol. The van der Waals surface area contributed by atoms with E-state index >= 15 is 0 Å². The summed E-state index contributed by atoms with van der Waals surface area (Å²) >= 11 is 1.90. The topological polar surface area (TPSA) is 33.6 Å². The zero-order valence-electron chi connectivity index (χ0n) is 13.3. The van der Waals surface area contributed by atoms with Crippen LogP contribution in [0, 0.1) is 5.92 Å². The fourth-order valence-electron chi connectivity index (χ4n) is 2.71. The van der Waals surface area contributed by atoms with Gasteiger partial charge in [0, 0.05) is 18.0 Å². The molecule has 1 aliphatic heterocycles. The van der Waals surface area contributed by atoms with E-state index in [1.54, 1.807) is 7.11 Å². The van der Waals surface area contributed by atoms with Gasteiger partial charge in [-0.2, -0.15) is 0 Å². The minimum Gasteiger partial charge on any atom is -0.384 e. The van der Waals surface area contributed by atoms with Crippen LogP contribution in [-0.2, 0) is 11.2 Å². The van der Waals surface area contributed by atoms with Crippen molar-refractivity contribution in [2.24, 2.45) is 10.9 Å². The molecule has 4 heteroatoms. The molecule has 0 aromatic heterocycles. The van der Waals surface area contributed by atoms with Gasteiger partial charge in [0.1, 0.15) is 0 Å². The van der Waals surface area contributed by atoms with E-state index in [0.717, 1.165) is 36.3 Å². The normalized spacial score (nSPS) is 18.1. The lowest BCUT2D eigenvalue weighted by Crippen LogP contribution is -2.17. The predicted octanol–water partition coefficient (Wildman–Crippen LogP) is 4.20. The molecule has 1 atom stereocenters. The van der Waals surface area contributed by atoms with Crippen LogP contribution < -0.4 is 5.32 Å². The standard InChI is InChI=1S/C17H26N2OS/c1-4-13(5-2)16-12-18-17(21-16)19-15-9-7-6-8-14(15)10-11-20-3/h6-9,13,16H,4-5,10-12H2,1-3H3,(H,18,19). The Morgan fingerprint density at radius 3 is 2.81 bits per heavy atom. The van der Waals surface area contributed by atoms with Crippen molar-refractivity contribution in [3.8, 4) is 0 Å². The third kappa shape index (κ3) is 4.48. The van der Waals surface area contributed by atoms with Crippen LogP contribution in [0.2, 0.25) is 0 Å². The molecule has 0 fully saturated rings. The van der Waals surface area contributed by atoms with Crippen LogP contribution in [0.5, 0.6) is 0 Å². The molecule has 1 N–H and O–H groups in total. The van der Waals surface area contributed by atoms with Gasteiger partial charge in [0.25, 0.3) is 0 Å². The van der Waals surface area contributed by atoms with E-state index in [0.29, 0.717) is 5.25 Å². The molecule has 3 nitrogen and oxygen atoms in total. The number of thioether (sulfide) groups is 1. The monoisotopic (exact) mass is 306 g/mol. The number of aliphatic imine (C=N–C) groups is 1. The summed E-state index contributed by atoms with van der Waals surface area (Å²) in [4.78, 5) is 4.69. The van der Waals surface area contributed by atoms with E-state index in [4.69, 9.17) is 4.74 Å². The Morgan fingerprint density at radius 2 is 2.10 bits per heavy atom. The average molecular weight is 306 g/mol. The van der Waals surface area contributed by atoms with Crippen LogP contribution in [0.4, 0.5) is 5.69 Å². The second kappa shape index (κ2) is 8.44. The van der Waals surface area contributed by atoms with Gasteiger partial charge in [0.05, 0.1) is 13.2 Å². The molecule has 1 heterocycles. The number of hydrogen-bond donors (Lipinski definition) is 1. The Morgan fingerprint density at radius 1 is 1.33 bits per heavy atom. The minimum atomic E-state index is 0.633. The van der Waals surface area contributed by atoms with E-state index in [-0.39, 0.29) is 0 Å². The second-order valence-corrected chi connectivity index (χ2v) is 6.63. The molecule has 1 aromatic carbocycles. The van der Waals surface area contributed by atoms with Crippen molar-refractivity contribution >= 4 is 22.6 Å². The van der Waals surface area contributed by atoms with Crippen molar-refractivity contribution in [3.05, 3.63) is 29.8 Å². The molecule has 21 heavy (non-hydrogen) atoms. The van der Waals surface area contributed by atoms with Gasteiger partial charge in [-0.25, -0.2) is 0 Å². The molecule has 0 bridgehead atoms. The highest BCUT2D eigenvalue weighted by atomic mass is 32.2. The maximum Gasteiger partial charge on any atom is 0.161 e. The fourth-order valence-corrected chi connectivity index (χ4v) is 4.04. The van der Waals surface area contributed by atoms with E-state index in [1.165, 1.54) is 18.4 Å². The van der Waals surface area contributed by atoms with Crippen LogP contribution in [0.1, 0.15) is 32.3 Å². The second-order valence-electron chi connectivity index (χ2n) is 5.40. The number of ether oxygens (including phenoxy) is 1. The quantitative estimate of drug-likeness (QED) is 0.820. The van der Waals surface area contributed by atoms with Gasteiger partial charge in [0.2, 0.25) is 0 Å². The molecule has 2 rings (SSSR count). The van der Waals surface area contributed by atoms with E-state index in [9.17, 15) is 0 Å². The molecular weight excluding hydrogens is 280 g/mol. The van der Waals surface area contributed by atoms with Crippen molar-refractivity contribution in [1.82, 2.24) is 0 Å². The molecule has 0 saturated heterocycles. The highest BCUT2D eigenvalue weighted by molar-refractivity contribution is 8.15. The molecule has 0 aliphatic carbocycles. The Kier molecular flexibility index (Phi) is 6.58. The number of hydrogen-bond acceptors (Lipinski definition) is 4. The van der Waals surface area contributed by atoms with Crippen molar-refractivity contribution in [2.45, 2.75) is 38.4 Å². The summed E-state index contributed by atoms with van der Waals surface area (Å²) in [6.07, 6.45) is 3.40. The third-order valence-corrected chi connectivity index (χ3v) is 5.38. The summed E-state index contributed by atoms with van der Waals surface area (Å²) in [6, 6.07) is 8.42. The highest BCUT2D eigenvalue weighted by Gasteiger charge is 2.26. The lowest BCUT2D eigenvalue weighted by molar-refractivity contribution is 0.202. The first-order valence-corrected chi connectivity index (χ1v) is 8.71. The first-order chi connectivity index (χ1) is 10.3. The van der Waals surface area contributed by atoms with Crippen molar-refractivity contribution in [1.29, 1.82) is 0 Å². The Hall–Kier alpha value is -1.00. The van der Waals surface area contributed by atoms with E-state index in [1.807, 2.05) is 11.8 Å². The number of amidine groups is 1. The number of anilines is 1. The smallest absolute Gasteiger partial charge is 0.161 e. The fraction of sp³-hybridized carbons (Fsp3) is 0.588. The Bertz CT molecular complexity index is 472. The molecule has 1 unspecified atom stereocenters. The molecule has 0 radical (unpaired) electrons. The maximum absolute atomic E-state index is 5.19. The number of nitrogens with zero attached hydrogens (tertiary/aromatic N) is 1. The van der Waals surface area contributed by atoms with Gasteiger partial charge < -0.3 is 10.1 Å². The number of para-hydroxylation sites is 1. The number of methoxy groups -OCH3 is 1. The summed E-state index contributed by atoms with van der Waals surface area (Å²) in [5.74, 6) is 0.766. The van der Waals surface area contributed by atoms with Gasteiger partial charge in [0.15, 0.2) is 5.17 Å². The van der Waals surface area contributed by atoms with Crippen molar-refractivity contribution < 1.29 is 4.74 Å². The van der Waals surface area contributed by atoms with Gasteiger partial charge in [-0.05, 0) is 24.0 Å². The maximum atomic E-state index is 5.19. The molecule has 1 aliphatic rings. The molecule has 0 saturated carbocycles. The largest absolute Gasteiger partial charge is 0.384 e. The molecule has 0 spiro atoms. The van der Waals surface area contributed by atoms with Gasteiger partial charge in [-0.1, -0.05) is 56.7 Å². The molecular formula is C17H26N2OS. The summed E-state index contributed by atoms with van der Waals surface area (Å²) in [6.45, 7) is 6.24. The Balaban J connectivity index is 1.97. The number of nitrogens with one attached hydrogen (secondary N) is 1. The van der Waals surface area contributed by atoms with Crippen LogP contribution in [0.15, 0.2) is 29.3 Å². The Labute approximate surface area is 132 Å². The number of rotatable bonds is 7. The molecule has 116 valence electrons. The third-order valence-electron chi connectivity index (χ3n) is 4.09.